The molecule has 0 atom stereocenters. The van der Waals surface area contributed by atoms with E-state index in [9.17, 15) is 0 Å². The third kappa shape index (κ3) is 1.78. The lowest BCUT2D eigenvalue weighted by Gasteiger charge is -1.97. The number of imidazole rings is 1. The minimum absolute atomic E-state index is 0.570. The van der Waals surface area contributed by atoms with Crippen molar-refractivity contribution in [2.45, 2.75) is 0 Å². The van der Waals surface area contributed by atoms with Gasteiger partial charge in [-0.15, -0.1) is 11.3 Å². The Morgan fingerprint density at radius 1 is 1.18 bits per heavy atom. The molecule has 17 heavy (non-hydrogen) atoms. The molecular formula is C11H7Cl2N3S. The number of nitrogens with zero attached hydrogens (tertiary/aromatic N) is 2. The van der Waals surface area contributed by atoms with Gasteiger partial charge in [0.05, 0.1) is 14.2 Å². The summed E-state index contributed by atoms with van der Waals surface area (Å²) < 4.78 is 2.49. The fraction of sp³-hybridized carbons (Fsp3) is 0. The first-order valence-electron chi connectivity index (χ1n) is 4.84. The fourth-order valence-electron chi connectivity index (χ4n) is 1.66. The van der Waals surface area contributed by atoms with Gasteiger partial charge in [-0.3, -0.25) is 4.40 Å². The van der Waals surface area contributed by atoms with E-state index in [1.165, 1.54) is 11.3 Å². The van der Waals surface area contributed by atoms with Crippen LogP contribution in [-0.2, 0) is 0 Å². The normalized spacial score (nSPS) is 11.2. The van der Waals surface area contributed by atoms with Crippen LogP contribution in [0.1, 0.15) is 0 Å². The molecule has 0 bridgehead atoms. The van der Waals surface area contributed by atoms with Crippen LogP contribution in [0.4, 0.5) is 5.82 Å². The number of rotatable bonds is 1. The second-order valence-corrected chi connectivity index (χ2v) is 5.68. The van der Waals surface area contributed by atoms with Crippen LogP contribution in [-0.4, -0.2) is 9.38 Å². The molecule has 0 radical (unpaired) electrons. The molecule has 86 valence electrons. The van der Waals surface area contributed by atoms with E-state index >= 15 is 0 Å². The average Bonchev–Trinajstić information content (AvgIpc) is 2.84. The molecule has 0 aliphatic rings. The van der Waals surface area contributed by atoms with Crippen molar-refractivity contribution in [1.29, 1.82) is 0 Å². The molecular weight excluding hydrogens is 277 g/mol. The number of nitrogens with two attached hydrogens (primary N) is 1. The zero-order valence-electron chi connectivity index (χ0n) is 8.52. The van der Waals surface area contributed by atoms with E-state index in [1.54, 1.807) is 16.7 Å². The molecule has 0 aliphatic carbocycles. The minimum Gasteiger partial charge on any atom is -0.383 e. The van der Waals surface area contributed by atoms with Crippen molar-refractivity contribution in [1.82, 2.24) is 9.38 Å². The van der Waals surface area contributed by atoms with Crippen LogP contribution in [0, 0.1) is 0 Å². The Kier molecular flexibility index (Phi) is 2.50. The lowest BCUT2D eigenvalue weighted by Crippen LogP contribution is -1.93. The summed E-state index contributed by atoms with van der Waals surface area (Å²) in [6, 6.07) is 7.36. The summed E-state index contributed by atoms with van der Waals surface area (Å²) in [7, 11) is 0. The highest BCUT2D eigenvalue weighted by Crippen LogP contribution is 2.34. The Labute approximate surface area is 111 Å². The van der Waals surface area contributed by atoms with E-state index in [-0.39, 0.29) is 0 Å². The zero-order chi connectivity index (χ0) is 12.0. The molecule has 3 aromatic rings. The minimum atomic E-state index is 0.570. The second-order valence-electron chi connectivity index (χ2n) is 3.52. The molecule has 3 aromatic heterocycles. The lowest BCUT2D eigenvalue weighted by atomic mass is 10.3. The molecule has 0 fully saturated rings. The average molecular weight is 284 g/mol. The van der Waals surface area contributed by atoms with Crippen molar-refractivity contribution in [3.05, 3.63) is 39.8 Å². The molecule has 0 spiro atoms. The highest BCUT2D eigenvalue weighted by molar-refractivity contribution is 7.19. The van der Waals surface area contributed by atoms with E-state index in [4.69, 9.17) is 28.9 Å². The molecule has 2 N–H and O–H groups in total. The van der Waals surface area contributed by atoms with E-state index in [0.29, 0.717) is 10.8 Å². The predicted molar refractivity (Wildman–Crippen MR) is 72.9 cm³/mol. The topological polar surface area (TPSA) is 43.3 Å². The first-order chi connectivity index (χ1) is 8.15. The maximum absolute atomic E-state index is 6.05. The summed E-state index contributed by atoms with van der Waals surface area (Å²) in [5.74, 6) is 0.570. The number of aromatic nitrogens is 2. The third-order valence-corrected chi connectivity index (χ3v) is 3.89. The Balaban J connectivity index is 2.27. The number of fused-ring (bicyclic) bond motifs is 1. The highest BCUT2D eigenvalue weighted by atomic mass is 35.5. The van der Waals surface area contributed by atoms with Crippen molar-refractivity contribution < 1.29 is 0 Å². The lowest BCUT2D eigenvalue weighted by molar-refractivity contribution is 1.20. The molecule has 0 unspecified atom stereocenters. The van der Waals surface area contributed by atoms with Crippen molar-refractivity contribution in [3.63, 3.8) is 0 Å². The Morgan fingerprint density at radius 3 is 2.71 bits per heavy atom. The van der Waals surface area contributed by atoms with Crippen LogP contribution < -0.4 is 5.73 Å². The predicted octanol–water partition coefficient (Wildman–Crippen LogP) is 3.95. The van der Waals surface area contributed by atoms with Gasteiger partial charge in [-0.2, -0.15) is 0 Å². The zero-order valence-corrected chi connectivity index (χ0v) is 10.9. The van der Waals surface area contributed by atoms with Gasteiger partial charge in [0.15, 0.2) is 0 Å². The summed E-state index contributed by atoms with van der Waals surface area (Å²) >= 11 is 13.3. The Morgan fingerprint density at radius 2 is 2.00 bits per heavy atom. The monoisotopic (exact) mass is 283 g/mol. The number of nitrogen functional groups attached to an aromatic ring is 1. The molecule has 3 heterocycles. The van der Waals surface area contributed by atoms with E-state index in [2.05, 4.69) is 4.98 Å². The van der Waals surface area contributed by atoms with Crippen molar-refractivity contribution in [3.8, 4) is 10.6 Å². The smallest absolute Gasteiger partial charge is 0.139 e. The van der Waals surface area contributed by atoms with Crippen molar-refractivity contribution >= 4 is 46.0 Å². The summed E-state index contributed by atoms with van der Waals surface area (Å²) in [6.07, 6.45) is 1.75. The number of halogens is 2. The first kappa shape index (κ1) is 10.9. The second kappa shape index (κ2) is 3.91. The van der Waals surface area contributed by atoms with Gasteiger partial charge < -0.3 is 5.73 Å². The quantitative estimate of drug-likeness (QED) is 0.735. The number of hydrogen-bond donors (Lipinski definition) is 1. The van der Waals surface area contributed by atoms with Crippen LogP contribution >= 0.6 is 34.5 Å². The van der Waals surface area contributed by atoms with E-state index < -0.39 is 0 Å². The number of anilines is 1. The molecule has 0 amide bonds. The summed E-state index contributed by atoms with van der Waals surface area (Å²) in [6.45, 7) is 0. The van der Waals surface area contributed by atoms with Gasteiger partial charge in [-0.05, 0) is 24.3 Å². The maximum Gasteiger partial charge on any atom is 0.139 e. The van der Waals surface area contributed by atoms with E-state index in [1.807, 2.05) is 18.2 Å². The fourth-order valence-corrected chi connectivity index (χ4v) is 2.86. The SMILES string of the molecule is Nc1c(-c2ccc(Cl)s2)nc2ccc(Cl)cn12. The largest absolute Gasteiger partial charge is 0.383 e. The molecule has 3 nitrogen and oxygen atoms in total. The van der Waals surface area contributed by atoms with E-state index in [0.717, 1.165) is 20.6 Å². The summed E-state index contributed by atoms with van der Waals surface area (Å²) in [5.41, 5.74) is 7.56. The van der Waals surface area contributed by atoms with Gasteiger partial charge in [0.1, 0.15) is 17.2 Å². The maximum atomic E-state index is 6.05. The molecule has 0 aliphatic heterocycles. The standard InChI is InChI=1S/C11H7Cl2N3S/c12-6-1-4-9-15-10(11(14)16(9)5-6)7-2-3-8(13)17-7/h1-5H,14H2. The van der Waals surface area contributed by atoms with Crippen LogP contribution in [0.15, 0.2) is 30.5 Å². The number of hydrogen-bond acceptors (Lipinski definition) is 3. The molecule has 3 rings (SSSR count). The molecule has 0 aromatic carbocycles. The van der Waals surface area contributed by atoms with Crippen LogP contribution in [0.5, 0.6) is 0 Å². The third-order valence-electron chi connectivity index (χ3n) is 2.43. The van der Waals surface area contributed by atoms with Crippen molar-refractivity contribution in [2.75, 3.05) is 5.73 Å². The summed E-state index contributed by atoms with van der Waals surface area (Å²) in [5, 5.41) is 0.623. The van der Waals surface area contributed by atoms with Crippen LogP contribution in [0.25, 0.3) is 16.2 Å². The molecule has 0 saturated heterocycles. The van der Waals surface area contributed by atoms with Gasteiger partial charge >= 0.3 is 0 Å². The van der Waals surface area contributed by atoms with Gasteiger partial charge in [0.2, 0.25) is 0 Å². The van der Waals surface area contributed by atoms with Gasteiger partial charge in [0, 0.05) is 6.20 Å². The van der Waals surface area contributed by atoms with Gasteiger partial charge in [-0.1, -0.05) is 23.2 Å². The highest BCUT2D eigenvalue weighted by Gasteiger charge is 2.13. The van der Waals surface area contributed by atoms with Gasteiger partial charge in [0.25, 0.3) is 0 Å². The van der Waals surface area contributed by atoms with Gasteiger partial charge in [-0.25, -0.2) is 4.98 Å². The first-order valence-corrected chi connectivity index (χ1v) is 6.41. The molecule has 0 saturated carbocycles. The molecule has 6 heteroatoms. The number of pyridine rings is 1. The Hall–Kier alpha value is -1.23. The van der Waals surface area contributed by atoms with Crippen molar-refractivity contribution in [2.24, 2.45) is 0 Å². The number of thiophene rings is 1. The van der Waals surface area contributed by atoms with Crippen LogP contribution in [0.3, 0.4) is 0 Å². The van der Waals surface area contributed by atoms with Crippen LogP contribution in [0.2, 0.25) is 9.36 Å². The Bertz CT molecular complexity index is 702. The summed E-state index contributed by atoms with van der Waals surface area (Å²) in [4.78, 5) is 5.42.